The minimum absolute atomic E-state index is 0.0686. The van der Waals surface area contributed by atoms with Gasteiger partial charge in [0.15, 0.2) is 5.16 Å². The number of nitrogens with one attached hydrogen (secondary N) is 1. The van der Waals surface area contributed by atoms with Crippen LogP contribution in [-0.4, -0.2) is 61.1 Å². The maximum Gasteiger partial charge on any atom is 0.241 e. The molecule has 3 heterocycles. The van der Waals surface area contributed by atoms with E-state index in [2.05, 4.69) is 38.2 Å². The molecule has 0 spiro atoms. The van der Waals surface area contributed by atoms with Gasteiger partial charge in [-0.3, -0.25) is 4.79 Å². The van der Waals surface area contributed by atoms with E-state index in [0.717, 1.165) is 48.9 Å². The summed E-state index contributed by atoms with van der Waals surface area (Å²) in [5.74, 6) is 0.669. The molecule has 1 saturated heterocycles. The molecule has 1 aromatic carbocycles. The van der Waals surface area contributed by atoms with Gasteiger partial charge in [-0.1, -0.05) is 6.07 Å². The summed E-state index contributed by atoms with van der Waals surface area (Å²) in [7, 11) is 3.77. The van der Waals surface area contributed by atoms with Crippen LogP contribution in [0.3, 0.4) is 0 Å². The Balaban J connectivity index is 1.53. The largest absolute Gasteiger partial charge is 0.479 e. The average Bonchev–Trinajstić information content (AvgIpc) is 2.68. The molecule has 2 aliphatic rings. The molecule has 8 heteroatoms. The van der Waals surface area contributed by atoms with Crippen molar-refractivity contribution in [3.8, 4) is 5.88 Å². The normalized spacial score (nSPS) is 17.4. The predicted octanol–water partition coefficient (Wildman–Crippen LogP) is 2.27. The molecule has 4 rings (SSSR count). The van der Waals surface area contributed by atoms with Gasteiger partial charge in [-0.25, -0.2) is 4.98 Å². The van der Waals surface area contributed by atoms with Crippen LogP contribution in [0.5, 0.6) is 5.88 Å². The summed E-state index contributed by atoms with van der Waals surface area (Å²) in [6, 6.07) is 6.10. The van der Waals surface area contributed by atoms with E-state index in [0.29, 0.717) is 17.5 Å². The first-order valence-electron chi connectivity index (χ1n) is 9.07. The van der Waals surface area contributed by atoms with Crippen molar-refractivity contribution in [2.45, 2.75) is 22.9 Å². The first-order valence-corrected chi connectivity index (χ1v) is 9.89. The molecule has 0 aliphatic carbocycles. The fourth-order valence-electron chi connectivity index (χ4n) is 3.33. The summed E-state index contributed by atoms with van der Waals surface area (Å²) >= 11 is 1.47. The summed E-state index contributed by atoms with van der Waals surface area (Å²) in [4.78, 5) is 26.3. The van der Waals surface area contributed by atoms with Gasteiger partial charge in [0.1, 0.15) is 5.69 Å². The number of hydrogen-bond acceptors (Lipinski definition) is 7. The molecule has 0 radical (unpaired) electrons. The van der Waals surface area contributed by atoms with Crippen LogP contribution in [0.1, 0.15) is 12.0 Å². The maximum atomic E-state index is 11.6. The highest BCUT2D eigenvalue weighted by atomic mass is 32.2. The Bertz CT molecular complexity index is 852. The number of rotatable bonds is 4. The first kappa shape index (κ1) is 18.1. The highest BCUT2D eigenvalue weighted by molar-refractivity contribution is 7.99. The SMILES string of the molecule is COc1nc(Sc2ccc3c(c2)NC(=O)CC3)ncc1N1CCN(C)CC1. The number of benzene rings is 1. The van der Waals surface area contributed by atoms with E-state index >= 15 is 0 Å². The summed E-state index contributed by atoms with van der Waals surface area (Å²) in [5.41, 5.74) is 2.99. The van der Waals surface area contributed by atoms with Gasteiger partial charge < -0.3 is 19.9 Å². The molecule has 1 fully saturated rings. The Morgan fingerprint density at radius 2 is 2.00 bits per heavy atom. The number of anilines is 2. The molecule has 142 valence electrons. The number of carbonyl (C=O) groups is 1. The second-order valence-electron chi connectivity index (χ2n) is 6.81. The van der Waals surface area contributed by atoms with E-state index in [1.54, 1.807) is 7.11 Å². The third-order valence-corrected chi connectivity index (χ3v) is 5.81. The van der Waals surface area contributed by atoms with Gasteiger partial charge in [0.25, 0.3) is 0 Å². The zero-order valence-corrected chi connectivity index (χ0v) is 16.4. The zero-order chi connectivity index (χ0) is 18.8. The van der Waals surface area contributed by atoms with Crippen molar-refractivity contribution in [2.75, 3.05) is 50.6 Å². The first-order chi connectivity index (χ1) is 13.1. The molecular formula is C19H23N5O2S. The molecule has 0 atom stereocenters. The Morgan fingerprint density at radius 3 is 2.78 bits per heavy atom. The van der Waals surface area contributed by atoms with E-state index in [-0.39, 0.29) is 5.91 Å². The monoisotopic (exact) mass is 385 g/mol. The van der Waals surface area contributed by atoms with Crippen molar-refractivity contribution in [3.63, 3.8) is 0 Å². The summed E-state index contributed by atoms with van der Waals surface area (Å²) in [6.45, 7) is 3.90. The van der Waals surface area contributed by atoms with Crippen LogP contribution in [0.25, 0.3) is 0 Å². The zero-order valence-electron chi connectivity index (χ0n) is 15.6. The molecule has 7 nitrogen and oxygen atoms in total. The lowest BCUT2D eigenvalue weighted by Crippen LogP contribution is -2.44. The third-order valence-electron chi connectivity index (χ3n) is 4.94. The van der Waals surface area contributed by atoms with Crippen LogP contribution in [-0.2, 0) is 11.2 Å². The highest BCUT2D eigenvalue weighted by Crippen LogP contribution is 2.34. The van der Waals surface area contributed by atoms with Crippen molar-refractivity contribution in [3.05, 3.63) is 30.0 Å². The van der Waals surface area contributed by atoms with Gasteiger partial charge in [-0.05, 0) is 42.9 Å². The van der Waals surface area contributed by atoms with E-state index in [1.165, 1.54) is 17.3 Å². The fraction of sp³-hybridized carbons (Fsp3) is 0.421. The molecule has 2 aliphatic heterocycles. The standard InChI is InChI=1S/C19H23N5O2S/c1-23-7-9-24(10-8-23)16-12-20-19(22-18(16)26-2)27-14-5-3-13-4-6-17(25)21-15(13)11-14/h3,5,11-12H,4,6-10H2,1-2H3,(H,21,25). The van der Waals surface area contributed by atoms with Crippen LogP contribution >= 0.6 is 11.8 Å². The number of ether oxygens (including phenoxy) is 1. The van der Waals surface area contributed by atoms with Crippen LogP contribution in [0.2, 0.25) is 0 Å². The Labute approximate surface area is 163 Å². The number of amides is 1. The van der Waals surface area contributed by atoms with E-state index in [9.17, 15) is 4.79 Å². The van der Waals surface area contributed by atoms with Crippen molar-refractivity contribution in [1.82, 2.24) is 14.9 Å². The Kier molecular flexibility index (Phi) is 5.18. The minimum Gasteiger partial charge on any atom is -0.479 e. The van der Waals surface area contributed by atoms with Crippen LogP contribution in [0, 0.1) is 0 Å². The van der Waals surface area contributed by atoms with E-state index < -0.39 is 0 Å². The number of carbonyl (C=O) groups excluding carboxylic acids is 1. The maximum absolute atomic E-state index is 11.6. The number of methoxy groups -OCH3 is 1. The van der Waals surface area contributed by atoms with E-state index in [4.69, 9.17) is 4.74 Å². The highest BCUT2D eigenvalue weighted by Gasteiger charge is 2.20. The molecular weight excluding hydrogens is 362 g/mol. The number of piperazine rings is 1. The molecule has 2 aromatic rings. The second kappa shape index (κ2) is 7.74. The second-order valence-corrected chi connectivity index (χ2v) is 7.85. The molecule has 1 aromatic heterocycles. The lowest BCUT2D eigenvalue weighted by molar-refractivity contribution is -0.116. The van der Waals surface area contributed by atoms with Crippen LogP contribution < -0.4 is 15.0 Å². The van der Waals surface area contributed by atoms with Crippen molar-refractivity contribution in [1.29, 1.82) is 0 Å². The molecule has 0 unspecified atom stereocenters. The van der Waals surface area contributed by atoms with Gasteiger partial charge in [-0.15, -0.1) is 0 Å². The topological polar surface area (TPSA) is 70.6 Å². The number of fused-ring (bicyclic) bond motifs is 1. The lowest BCUT2D eigenvalue weighted by Gasteiger charge is -2.34. The van der Waals surface area contributed by atoms with Gasteiger partial charge in [0, 0.05) is 43.2 Å². The van der Waals surface area contributed by atoms with E-state index in [1.807, 2.05) is 18.3 Å². The minimum atomic E-state index is 0.0686. The number of hydrogen-bond donors (Lipinski definition) is 1. The third kappa shape index (κ3) is 4.01. The Morgan fingerprint density at radius 1 is 1.19 bits per heavy atom. The smallest absolute Gasteiger partial charge is 0.241 e. The number of nitrogens with zero attached hydrogens (tertiary/aromatic N) is 4. The molecule has 1 amide bonds. The fourth-order valence-corrected chi connectivity index (χ4v) is 4.09. The Hall–Kier alpha value is -2.32. The number of likely N-dealkylation sites (N-methyl/N-ethyl adjacent to an activating group) is 1. The average molecular weight is 385 g/mol. The van der Waals surface area contributed by atoms with Crippen LogP contribution in [0.4, 0.5) is 11.4 Å². The molecule has 27 heavy (non-hydrogen) atoms. The van der Waals surface area contributed by atoms with Gasteiger partial charge in [-0.2, -0.15) is 4.98 Å². The summed E-state index contributed by atoms with van der Waals surface area (Å²) in [5, 5.41) is 3.57. The van der Waals surface area contributed by atoms with Crippen molar-refractivity contribution >= 4 is 29.0 Å². The van der Waals surface area contributed by atoms with Gasteiger partial charge in [0.05, 0.1) is 13.3 Å². The lowest BCUT2D eigenvalue weighted by atomic mass is 10.0. The quantitative estimate of drug-likeness (QED) is 0.810. The van der Waals surface area contributed by atoms with Gasteiger partial charge >= 0.3 is 0 Å². The van der Waals surface area contributed by atoms with Crippen molar-refractivity contribution in [2.24, 2.45) is 0 Å². The molecule has 0 bridgehead atoms. The number of aromatic nitrogens is 2. The molecule has 0 saturated carbocycles. The molecule has 1 N–H and O–H groups in total. The van der Waals surface area contributed by atoms with Crippen LogP contribution in [0.15, 0.2) is 34.4 Å². The van der Waals surface area contributed by atoms with Crippen molar-refractivity contribution < 1.29 is 9.53 Å². The summed E-state index contributed by atoms with van der Waals surface area (Å²) < 4.78 is 5.53. The number of aryl methyl sites for hydroxylation is 1. The van der Waals surface area contributed by atoms with Gasteiger partial charge in [0.2, 0.25) is 11.8 Å². The predicted molar refractivity (Wildman–Crippen MR) is 106 cm³/mol. The summed E-state index contributed by atoms with van der Waals surface area (Å²) in [6.07, 6.45) is 3.18.